The van der Waals surface area contributed by atoms with Gasteiger partial charge in [-0.25, -0.2) is 4.98 Å². The van der Waals surface area contributed by atoms with Gasteiger partial charge in [-0.05, 0) is 24.5 Å². The number of anilines is 1. The summed E-state index contributed by atoms with van der Waals surface area (Å²) >= 11 is 1.61. The number of fused-ring (bicyclic) bond motifs is 1. The minimum Gasteiger partial charge on any atom is -0.463 e. The van der Waals surface area contributed by atoms with E-state index in [-0.39, 0.29) is 0 Å². The van der Waals surface area contributed by atoms with E-state index in [2.05, 4.69) is 15.2 Å². The first-order valence-corrected chi connectivity index (χ1v) is 6.24. The van der Waals surface area contributed by atoms with Crippen molar-refractivity contribution in [3.05, 3.63) is 24.5 Å². The Kier molecular flexibility index (Phi) is 2.29. The van der Waals surface area contributed by atoms with Crippen LogP contribution in [-0.4, -0.2) is 21.4 Å². The second-order valence-corrected chi connectivity index (χ2v) is 4.37. The summed E-state index contributed by atoms with van der Waals surface area (Å²) in [5.41, 5.74) is 7.20. The third-order valence-corrected chi connectivity index (χ3v) is 3.27. The Morgan fingerprint density at radius 3 is 3.06 bits per heavy atom. The van der Waals surface area contributed by atoms with Gasteiger partial charge in [0.15, 0.2) is 11.4 Å². The lowest BCUT2D eigenvalue weighted by Gasteiger charge is -2.02. The Hall–Kier alpha value is -1.95. The maximum absolute atomic E-state index is 5.83. The second-order valence-electron chi connectivity index (χ2n) is 3.52. The molecular weight excluding hydrogens is 236 g/mol. The number of nitrogens with one attached hydrogen (secondary N) is 1. The third-order valence-electron chi connectivity index (χ3n) is 2.51. The van der Waals surface area contributed by atoms with Gasteiger partial charge in [0, 0.05) is 4.90 Å². The molecule has 6 heteroatoms. The largest absolute Gasteiger partial charge is 0.463 e. The van der Waals surface area contributed by atoms with Gasteiger partial charge in [-0.3, -0.25) is 5.10 Å². The van der Waals surface area contributed by atoms with Crippen molar-refractivity contribution in [3.63, 3.8) is 0 Å². The molecule has 0 fully saturated rings. The van der Waals surface area contributed by atoms with Crippen LogP contribution in [0.1, 0.15) is 0 Å². The maximum atomic E-state index is 5.83. The molecule has 0 atom stereocenters. The molecule has 0 aliphatic heterocycles. The minimum atomic E-state index is 0.544. The lowest BCUT2D eigenvalue weighted by atomic mass is 10.2. The summed E-state index contributed by atoms with van der Waals surface area (Å²) < 4.78 is 5.33. The molecule has 0 spiro atoms. The van der Waals surface area contributed by atoms with Crippen molar-refractivity contribution < 1.29 is 4.42 Å². The molecule has 0 saturated carbocycles. The lowest BCUT2D eigenvalue weighted by Crippen LogP contribution is -1.88. The Morgan fingerprint density at radius 1 is 1.47 bits per heavy atom. The number of nitrogens with two attached hydrogens (primary N) is 1. The fraction of sp³-hybridized carbons (Fsp3) is 0.0909. The predicted octanol–water partition coefficient (Wildman–Crippen LogP) is 2.52. The van der Waals surface area contributed by atoms with E-state index < -0.39 is 0 Å². The van der Waals surface area contributed by atoms with Gasteiger partial charge in [-0.2, -0.15) is 5.10 Å². The summed E-state index contributed by atoms with van der Waals surface area (Å²) in [5, 5.41) is 7.69. The van der Waals surface area contributed by atoms with Gasteiger partial charge in [-0.15, -0.1) is 11.8 Å². The van der Waals surface area contributed by atoms with Crippen LogP contribution in [0.15, 0.2) is 33.8 Å². The van der Waals surface area contributed by atoms with Crippen molar-refractivity contribution in [1.29, 1.82) is 0 Å². The highest BCUT2D eigenvalue weighted by molar-refractivity contribution is 7.98. The molecule has 0 bridgehead atoms. The Morgan fingerprint density at radius 2 is 2.35 bits per heavy atom. The molecule has 0 aliphatic rings. The van der Waals surface area contributed by atoms with Crippen molar-refractivity contribution in [2.75, 3.05) is 12.0 Å². The van der Waals surface area contributed by atoms with Gasteiger partial charge in [0.25, 0.3) is 0 Å². The smallest absolute Gasteiger partial charge is 0.184 e. The Balaban J connectivity index is 2.29. The Labute approximate surface area is 101 Å². The Bertz CT molecular complexity index is 659. The van der Waals surface area contributed by atoms with Gasteiger partial charge in [0.05, 0.1) is 11.6 Å². The molecule has 0 saturated heterocycles. The molecule has 3 heterocycles. The number of thioether (sulfide) groups is 1. The normalized spacial score (nSPS) is 11.1. The number of hydrogen-bond acceptors (Lipinski definition) is 5. The quantitative estimate of drug-likeness (QED) is 0.679. The number of rotatable bonds is 2. The van der Waals surface area contributed by atoms with Crippen molar-refractivity contribution in [1.82, 2.24) is 15.2 Å². The number of aromatic nitrogens is 3. The van der Waals surface area contributed by atoms with Gasteiger partial charge in [0.2, 0.25) is 0 Å². The van der Waals surface area contributed by atoms with Crippen LogP contribution in [0.2, 0.25) is 0 Å². The molecule has 0 aliphatic carbocycles. The van der Waals surface area contributed by atoms with Gasteiger partial charge < -0.3 is 10.2 Å². The molecule has 0 unspecified atom stereocenters. The highest BCUT2D eigenvalue weighted by atomic mass is 32.2. The standard InChI is InChI=1S/C11H10N4OS/c1-17-8-5-6(7-3-2-4-16-7)13-11-9(8)10(12)14-15-11/h2-5H,1H3,(H3,12,13,14,15). The number of nitrogen functional groups attached to an aromatic ring is 1. The van der Waals surface area contributed by atoms with E-state index in [1.165, 1.54) is 0 Å². The molecule has 0 radical (unpaired) electrons. The van der Waals surface area contributed by atoms with Crippen LogP contribution in [0.25, 0.3) is 22.5 Å². The molecule has 0 aromatic carbocycles. The monoisotopic (exact) mass is 246 g/mol. The number of H-pyrrole nitrogens is 1. The van der Waals surface area contributed by atoms with Gasteiger partial charge in [0.1, 0.15) is 11.5 Å². The SMILES string of the molecule is CSc1cc(-c2ccco2)nc2n[nH]c(N)c12. The van der Waals surface area contributed by atoms with Crippen LogP contribution in [0.4, 0.5) is 5.82 Å². The number of pyridine rings is 1. The van der Waals surface area contributed by atoms with E-state index in [4.69, 9.17) is 10.2 Å². The predicted molar refractivity (Wildman–Crippen MR) is 67.8 cm³/mol. The average molecular weight is 246 g/mol. The van der Waals surface area contributed by atoms with Crippen molar-refractivity contribution in [2.45, 2.75) is 4.90 Å². The fourth-order valence-corrected chi connectivity index (χ4v) is 2.36. The fourth-order valence-electron chi connectivity index (χ4n) is 1.72. The first kappa shape index (κ1) is 10.2. The number of nitrogens with zero attached hydrogens (tertiary/aromatic N) is 2. The molecule has 5 nitrogen and oxygen atoms in total. The molecule has 3 N–H and O–H groups in total. The van der Waals surface area contributed by atoms with E-state index in [1.807, 2.05) is 24.5 Å². The first-order chi connectivity index (χ1) is 8.29. The number of hydrogen-bond donors (Lipinski definition) is 2. The van der Waals surface area contributed by atoms with Gasteiger partial charge in [-0.1, -0.05) is 0 Å². The summed E-state index contributed by atoms with van der Waals surface area (Å²) in [6.45, 7) is 0. The number of furan rings is 1. The van der Waals surface area contributed by atoms with Crippen molar-refractivity contribution in [2.24, 2.45) is 0 Å². The highest BCUT2D eigenvalue weighted by Crippen LogP contribution is 2.32. The third kappa shape index (κ3) is 1.57. The van der Waals surface area contributed by atoms with Crippen LogP contribution in [-0.2, 0) is 0 Å². The van der Waals surface area contributed by atoms with E-state index in [0.29, 0.717) is 11.5 Å². The first-order valence-electron chi connectivity index (χ1n) is 5.02. The summed E-state index contributed by atoms with van der Waals surface area (Å²) in [6.07, 6.45) is 3.62. The molecule has 86 valence electrons. The zero-order valence-corrected chi connectivity index (χ0v) is 9.91. The highest BCUT2D eigenvalue weighted by Gasteiger charge is 2.13. The minimum absolute atomic E-state index is 0.544. The lowest BCUT2D eigenvalue weighted by molar-refractivity contribution is 0.580. The van der Waals surface area contributed by atoms with Crippen LogP contribution in [0.5, 0.6) is 0 Å². The average Bonchev–Trinajstić information content (AvgIpc) is 2.98. The summed E-state index contributed by atoms with van der Waals surface area (Å²) in [4.78, 5) is 5.45. The molecule has 0 amide bonds. The topological polar surface area (TPSA) is 80.7 Å². The molecule has 3 rings (SSSR count). The van der Waals surface area contributed by atoms with E-state index in [1.54, 1.807) is 18.0 Å². The van der Waals surface area contributed by atoms with E-state index >= 15 is 0 Å². The zero-order valence-electron chi connectivity index (χ0n) is 9.10. The molecule has 3 aromatic rings. The van der Waals surface area contributed by atoms with Gasteiger partial charge >= 0.3 is 0 Å². The van der Waals surface area contributed by atoms with Crippen LogP contribution in [0, 0.1) is 0 Å². The zero-order chi connectivity index (χ0) is 11.8. The van der Waals surface area contributed by atoms with Crippen molar-refractivity contribution >= 4 is 28.6 Å². The molecular formula is C11H10N4OS. The summed E-state index contributed by atoms with van der Waals surface area (Å²) in [6, 6.07) is 5.66. The van der Waals surface area contributed by atoms with E-state index in [9.17, 15) is 0 Å². The molecule has 17 heavy (non-hydrogen) atoms. The number of aromatic amines is 1. The van der Waals surface area contributed by atoms with E-state index in [0.717, 1.165) is 21.7 Å². The summed E-state index contributed by atoms with van der Waals surface area (Å²) in [7, 11) is 0. The van der Waals surface area contributed by atoms with Crippen LogP contribution >= 0.6 is 11.8 Å². The van der Waals surface area contributed by atoms with Crippen molar-refractivity contribution in [3.8, 4) is 11.5 Å². The van der Waals surface area contributed by atoms with Crippen LogP contribution in [0.3, 0.4) is 0 Å². The second kappa shape index (κ2) is 3.81. The summed E-state index contributed by atoms with van der Waals surface area (Å²) in [5.74, 6) is 1.27. The van der Waals surface area contributed by atoms with Crippen LogP contribution < -0.4 is 5.73 Å². The molecule has 3 aromatic heterocycles. The maximum Gasteiger partial charge on any atom is 0.184 e.